The minimum atomic E-state index is -0.0131. The summed E-state index contributed by atoms with van der Waals surface area (Å²) in [5, 5.41) is 5.86. The summed E-state index contributed by atoms with van der Waals surface area (Å²) in [6.45, 7) is 2.27. The molecule has 0 saturated carbocycles. The van der Waals surface area contributed by atoms with E-state index in [1.807, 2.05) is 45.4 Å². The van der Waals surface area contributed by atoms with E-state index < -0.39 is 0 Å². The molecule has 4 nitrogen and oxygen atoms in total. The lowest BCUT2D eigenvalue weighted by Gasteiger charge is -2.11. The predicted molar refractivity (Wildman–Crippen MR) is 84.6 cm³/mol. The molecule has 0 saturated heterocycles. The fourth-order valence-electron chi connectivity index (χ4n) is 1.58. The monoisotopic (exact) mass is 307 g/mol. The second-order valence-electron chi connectivity index (χ2n) is 4.30. The summed E-state index contributed by atoms with van der Waals surface area (Å²) in [4.78, 5) is 13.9. The van der Waals surface area contributed by atoms with Crippen molar-refractivity contribution in [3.8, 4) is 0 Å². The van der Waals surface area contributed by atoms with Crippen molar-refractivity contribution in [3.05, 3.63) is 35.4 Å². The summed E-state index contributed by atoms with van der Waals surface area (Å²) in [5.41, 5.74) is 1.87. The second-order valence-corrected chi connectivity index (χ2v) is 4.30. The molecular formula is C13H23Cl2N3O. The summed E-state index contributed by atoms with van der Waals surface area (Å²) in [7, 11) is 5.89. The van der Waals surface area contributed by atoms with Gasteiger partial charge in [-0.15, -0.1) is 24.8 Å². The molecule has 0 bridgehead atoms. The first-order valence-corrected chi connectivity index (χ1v) is 5.80. The summed E-state index contributed by atoms with van der Waals surface area (Å²) in [6, 6.07) is 7.73. The highest BCUT2D eigenvalue weighted by molar-refractivity contribution is 5.94. The Morgan fingerprint density at radius 2 is 1.89 bits per heavy atom. The quantitative estimate of drug-likeness (QED) is 0.784. The molecule has 1 aromatic carbocycles. The molecule has 0 heterocycles. The van der Waals surface area contributed by atoms with E-state index in [4.69, 9.17) is 0 Å². The van der Waals surface area contributed by atoms with Crippen LogP contribution < -0.4 is 10.6 Å². The van der Waals surface area contributed by atoms with Crippen molar-refractivity contribution in [1.82, 2.24) is 15.5 Å². The Hall–Kier alpha value is -0.810. The number of hydrogen-bond acceptors (Lipinski definition) is 3. The van der Waals surface area contributed by atoms with Crippen LogP contribution in [-0.2, 0) is 6.54 Å². The molecule has 0 unspecified atom stereocenters. The van der Waals surface area contributed by atoms with Gasteiger partial charge in [-0.2, -0.15) is 0 Å². The molecule has 1 amide bonds. The molecule has 0 aliphatic heterocycles. The van der Waals surface area contributed by atoms with Crippen molar-refractivity contribution >= 4 is 30.7 Å². The number of rotatable bonds is 6. The van der Waals surface area contributed by atoms with Gasteiger partial charge in [-0.05, 0) is 38.8 Å². The first kappa shape index (κ1) is 20.5. The highest BCUT2D eigenvalue weighted by atomic mass is 35.5. The van der Waals surface area contributed by atoms with Gasteiger partial charge in [0, 0.05) is 25.2 Å². The Kier molecular flexibility index (Phi) is 11.9. The van der Waals surface area contributed by atoms with Gasteiger partial charge in [0.1, 0.15) is 0 Å². The Bertz CT molecular complexity index is 373. The van der Waals surface area contributed by atoms with E-state index in [0.29, 0.717) is 6.54 Å². The van der Waals surface area contributed by atoms with Crippen LogP contribution in [0.25, 0.3) is 0 Å². The summed E-state index contributed by atoms with van der Waals surface area (Å²) in [5.74, 6) is -0.0131. The molecule has 1 aromatic rings. The lowest BCUT2D eigenvalue weighted by atomic mass is 10.1. The van der Waals surface area contributed by atoms with Crippen molar-refractivity contribution in [2.24, 2.45) is 0 Å². The number of carbonyl (C=O) groups is 1. The predicted octanol–water partition coefficient (Wildman–Crippen LogP) is 1.54. The fraction of sp³-hybridized carbons (Fsp3) is 0.462. The molecular weight excluding hydrogens is 285 g/mol. The third-order valence-electron chi connectivity index (χ3n) is 2.35. The Morgan fingerprint density at radius 1 is 1.21 bits per heavy atom. The van der Waals surface area contributed by atoms with E-state index in [9.17, 15) is 4.79 Å². The topological polar surface area (TPSA) is 44.4 Å². The average molecular weight is 308 g/mol. The maximum atomic E-state index is 11.8. The van der Waals surface area contributed by atoms with Crippen molar-refractivity contribution in [2.45, 2.75) is 6.54 Å². The van der Waals surface area contributed by atoms with Crippen molar-refractivity contribution in [1.29, 1.82) is 0 Å². The molecule has 0 radical (unpaired) electrons. The van der Waals surface area contributed by atoms with E-state index >= 15 is 0 Å². The smallest absolute Gasteiger partial charge is 0.251 e. The van der Waals surface area contributed by atoms with E-state index in [0.717, 1.165) is 24.2 Å². The normalized spacial score (nSPS) is 9.47. The Morgan fingerprint density at radius 3 is 2.47 bits per heavy atom. The molecule has 19 heavy (non-hydrogen) atoms. The molecule has 110 valence electrons. The van der Waals surface area contributed by atoms with Gasteiger partial charge >= 0.3 is 0 Å². The minimum absolute atomic E-state index is 0. The first-order valence-electron chi connectivity index (χ1n) is 5.80. The van der Waals surface area contributed by atoms with Crippen LogP contribution in [0.2, 0.25) is 0 Å². The molecule has 6 heteroatoms. The van der Waals surface area contributed by atoms with Crippen LogP contribution in [0, 0.1) is 0 Å². The third kappa shape index (κ3) is 8.06. The largest absolute Gasteiger partial charge is 0.351 e. The molecule has 0 atom stereocenters. The molecule has 0 aromatic heterocycles. The molecule has 2 N–H and O–H groups in total. The maximum absolute atomic E-state index is 11.8. The fourth-order valence-corrected chi connectivity index (χ4v) is 1.58. The zero-order valence-electron chi connectivity index (χ0n) is 11.6. The summed E-state index contributed by atoms with van der Waals surface area (Å²) in [6.07, 6.45) is 0. The maximum Gasteiger partial charge on any atom is 0.251 e. The zero-order chi connectivity index (χ0) is 12.7. The van der Waals surface area contributed by atoms with Crippen molar-refractivity contribution in [3.63, 3.8) is 0 Å². The van der Waals surface area contributed by atoms with E-state index in [-0.39, 0.29) is 30.7 Å². The number of nitrogens with zero attached hydrogens (tertiary/aromatic N) is 1. The van der Waals surface area contributed by atoms with Gasteiger partial charge in [0.05, 0.1) is 0 Å². The molecule has 0 aliphatic carbocycles. The van der Waals surface area contributed by atoms with Crippen LogP contribution in [0.5, 0.6) is 0 Å². The average Bonchev–Trinajstić information content (AvgIpc) is 2.28. The van der Waals surface area contributed by atoms with Crippen molar-refractivity contribution in [2.75, 3.05) is 34.2 Å². The minimum Gasteiger partial charge on any atom is -0.351 e. The first-order chi connectivity index (χ1) is 8.13. The molecule has 0 spiro atoms. The number of carbonyl (C=O) groups excluding carboxylic acids is 1. The van der Waals surface area contributed by atoms with Gasteiger partial charge in [0.15, 0.2) is 0 Å². The van der Waals surface area contributed by atoms with E-state index in [1.54, 1.807) is 0 Å². The number of amides is 1. The highest BCUT2D eigenvalue weighted by Crippen LogP contribution is 2.06. The lowest BCUT2D eigenvalue weighted by Crippen LogP contribution is -2.30. The van der Waals surface area contributed by atoms with Gasteiger partial charge in [-0.1, -0.05) is 12.1 Å². The van der Waals surface area contributed by atoms with Crippen LogP contribution in [0.15, 0.2) is 24.3 Å². The van der Waals surface area contributed by atoms with Gasteiger partial charge in [-0.25, -0.2) is 0 Å². The summed E-state index contributed by atoms with van der Waals surface area (Å²) < 4.78 is 0. The van der Waals surface area contributed by atoms with Crippen LogP contribution >= 0.6 is 24.8 Å². The van der Waals surface area contributed by atoms with Gasteiger partial charge in [-0.3, -0.25) is 4.79 Å². The van der Waals surface area contributed by atoms with Gasteiger partial charge in [0.25, 0.3) is 5.91 Å². The summed E-state index contributed by atoms with van der Waals surface area (Å²) >= 11 is 0. The highest BCUT2D eigenvalue weighted by Gasteiger charge is 2.05. The zero-order valence-corrected chi connectivity index (χ0v) is 13.2. The number of benzene rings is 1. The number of hydrogen-bond donors (Lipinski definition) is 2. The Balaban J connectivity index is 0. The van der Waals surface area contributed by atoms with Gasteiger partial charge < -0.3 is 15.5 Å². The van der Waals surface area contributed by atoms with Gasteiger partial charge in [0.2, 0.25) is 0 Å². The van der Waals surface area contributed by atoms with Crippen LogP contribution in [0.1, 0.15) is 15.9 Å². The number of halogens is 2. The van der Waals surface area contributed by atoms with Crippen LogP contribution in [0.4, 0.5) is 0 Å². The number of nitrogens with one attached hydrogen (secondary N) is 2. The SMILES string of the molecule is CNCCNC(=O)c1cccc(CN(C)C)c1.Cl.Cl. The molecule has 0 aliphatic rings. The molecule has 0 fully saturated rings. The lowest BCUT2D eigenvalue weighted by molar-refractivity contribution is 0.0954. The standard InChI is InChI=1S/C13H21N3O.2ClH/c1-14-7-8-15-13(17)12-6-4-5-11(9-12)10-16(2)3;;/h4-6,9,14H,7-8,10H2,1-3H3,(H,15,17);2*1H. The van der Waals surface area contributed by atoms with Crippen LogP contribution in [-0.4, -0.2) is 45.0 Å². The number of likely N-dealkylation sites (N-methyl/N-ethyl adjacent to an activating group) is 1. The van der Waals surface area contributed by atoms with E-state index in [2.05, 4.69) is 15.5 Å². The Labute approximate surface area is 127 Å². The van der Waals surface area contributed by atoms with E-state index in [1.165, 1.54) is 0 Å². The van der Waals surface area contributed by atoms with Crippen LogP contribution in [0.3, 0.4) is 0 Å². The second kappa shape index (κ2) is 11.1. The third-order valence-corrected chi connectivity index (χ3v) is 2.35. The van der Waals surface area contributed by atoms with Crippen molar-refractivity contribution < 1.29 is 4.79 Å². The molecule has 1 rings (SSSR count).